The van der Waals surface area contributed by atoms with E-state index >= 15 is 0 Å². The van der Waals surface area contributed by atoms with E-state index in [1.165, 1.54) is 11.9 Å². The molecule has 4 aromatic rings. The first-order valence-electron chi connectivity index (χ1n) is 17.8. The number of ketones is 2. The number of methoxy groups -OCH3 is 4. The topological polar surface area (TPSA) is 141 Å². The van der Waals surface area contributed by atoms with Gasteiger partial charge in [0.1, 0.15) is 5.78 Å². The number of benzene rings is 4. The van der Waals surface area contributed by atoms with Crippen molar-refractivity contribution in [2.45, 2.75) is 19.8 Å². The van der Waals surface area contributed by atoms with E-state index in [0.717, 1.165) is 33.5 Å². The first kappa shape index (κ1) is 43.6. The van der Waals surface area contributed by atoms with E-state index in [2.05, 4.69) is 5.10 Å². The third-order valence-corrected chi connectivity index (χ3v) is 8.04. The van der Waals surface area contributed by atoms with Gasteiger partial charge in [0.2, 0.25) is 5.91 Å². The number of rotatable bonds is 20. The fourth-order valence-corrected chi connectivity index (χ4v) is 5.18. The van der Waals surface area contributed by atoms with E-state index < -0.39 is 0 Å². The normalized spacial score (nSPS) is 12.4. The SMILES string of the molecule is COCOc1ccc(C=Cc2ccc(C(=O)CC(C)=O)cc2)cc1OCOC.COCOc1ccc(C=Cc2ccc(C3=NN(C)C(=O)C3)cc2)cc1OCOC. The van der Waals surface area contributed by atoms with E-state index in [0.29, 0.717) is 35.0 Å². The maximum Gasteiger partial charge on any atom is 0.248 e. The smallest absolute Gasteiger partial charge is 0.248 e. The Kier molecular flexibility index (Phi) is 17.6. The van der Waals surface area contributed by atoms with Gasteiger partial charge in [0.15, 0.2) is 56.0 Å². The first-order chi connectivity index (χ1) is 27.6. The number of carbonyl (C=O) groups is 3. The van der Waals surface area contributed by atoms with E-state index in [1.54, 1.807) is 53.7 Å². The van der Waals surface area contributed by atoms with Crippen LogP contribution in [0.5, 0.6) is 23.0 Å². The van der Waals surface area contributed by atoms with E-state index in [-0.39, 0.29) is 51.1 Å². The van der Waals surface area contributed by atoms with Gasteiger partial charge in [-0.3, -0.25) is 14.4 Å². The van der Waals surface area contributed by atoms with Crippen LogP contribution in [0.15, 0.2) is 90.0 Å². The highest BCUT2D eigenvalue weighted by atomic mass is 16.7. The molecule has 57 heavy (non-hydrogen) atoms. The lowest BCUT2D eigenvalue weighted by atomic mass is 10.0. The van der Waals surface area contributed by atoms with Crippen LogP contribution in [0.3, 0.4) is 0 Å². The summed E-state index contributed by atoms with van der Waals surface area (Å²) >= 11 is 0. The van der Waals surface area contributed by atoms with Gasteiger partial charge in [0.25, 0.3) is 0 Å². The third-order valence-electron chi connectivity index (χ3n) is 8.04. The first-order valence-corrected chi connectivity index (χ1v) is 17.8. The number of hydrogen-bond acceptors (Lipinski definition) is 12. The largest absolute Gasteiger partial charge is 0.464 e. The Hall–Kier alpha value is -6.12. The molecule has 0 bridgehead atoms. The quantitative estimate of drug-likeness (QED) is 0.0384. The zero-order chi connectivity index (χ0) is 41.0. The Balaban J connectivity index is 0.000000253. The molecular formula is C44H48N2O11. The summed E-state index contributed by atoms with van der Waals surface area (Å²) in [5, 5.41) is 5.65. The number of ether oxygens (including phenoxy) is 8. The molecule has 0 saturated heterocycles. The van der Waals surface area contributed by atoms with E-state index in [1.807, 2.05) is 91.0 Å². The summed E-state index contributed by atoms with van der Waals surface area (Å²) in [5.41, 5.74) is 6.10. The highest BCUT2D eigenvalue weighted by molar-refractivity contribution is 6.13. The molecule has 1 aliphatic rings. The van der Waals surface area contributed by atoms with Gasteiger partial charge >= 0.3 is 0 Å². The van der Waals surface area contributed by atoms with Crippen LogP contribution in [0.25, 0.3) is 24.3 Å². The van der Waals surface area contributed by atoms with Crippen molar-refractivity contribution in [2.24, 2.45) is 5.10 Å². The number of hydrazone groups is 1. The predicted molar refractivity (Wildman–Crippen MR) is 217 cm³/mol. The lowest BCUT2D eigenvalue weighted by molar-refractivity contribution is -0.127. The van der Waals surface area contributed by atoms with Gasteiger partial charge in [0, 0.05) is 41.1 Å². The third kappa shape index (κ3) is 14.2. The van der Waals surface area contributed by atoms with Crippen LogP contribution in [0.2, 0.25) is 0 Å². The molecule has 0 saturated carbocycles. The summed E-state index contributed by atoms with van der Waals surface area (Å²) in [6.07, 6.45) is 8.10. The molecule has 0 atom stereocenters. The van der Waals surface area contributed by atoms with Crippen LogP contribution in [0.1, 0.15) is 57.9 Å². The standard InChI is InChI=1S/C22H24N2O5.C22H24O6/c1-24-22(25)13-19(23-24)18-9-6-16(7-10-18)4-5-17-8-11-20(28-14-26-2)21(12-17)29-15-27-3;1-16(23)12-20(24)19-9-6-17(7-10-19)4-5-18-8-11-21(27-14-25-2)22(13-18)28-15-26-3/h4-12H,13-15H2,1-3H3;4-11,13H,12,14-15H2,1-3H3. The zero-order valence-corrected chi connectivity index (χ0v) is 33.0. The molecule has 13 nitrogen and oxygen atoms in total. The second kappa shape index (κ2) is 23.1. The minimum absolute atomic E-state index is 0.00777. The maximum absolute atomic E-state index is 11.9. The number of amides is 1. The second-order valence-corrected chi connectivity index (χ2v) is 12.5. The highest BCUT2D eigenvalue weighted by Gasteiger charge is 2.21. The van der Waals surface area contributed by atoms with Crippen molar-refractivity contribution in [1.29, 1.82) is 0 Å². The second-order valence-electron chi connectivity index (χ2n) is 12.5. The lowest BCUT2D eigenvalue weighted by Gasteiger charge is -2.12. The van der Waals surface area contributed by atoms with Gasteiger partial charge in [0.05, 0.1) is 18.6 Å². The summed E-state index contributed by atoms with van der Waals surface area (Å²) in [7, 11) is 7.89. The molecule has 5 rings (SSSR count). The van der Waals surface area contributed by atoms with Crippen molar-refractivity contribution in [2.75, 3.05) is 62.7 Å². The molecule has 1 aliphatic heterocycles. The average Bonchev–Trinajstić information content (AvgIpc) is 3.56. The molecule has 0 aromatic heterocycles. The van der Waals surface area contributed by atoms with Gasteiger partial charge in [-0.1, -0.05) is 85.0 Å². The minimum Gasteiger partial charge on any atom is -0.464 e. The molecule has 0 unspecified atom stereocenters. The summed E-state index contributed by atoms with van der Waals surface area (Å²) in [5.74, 6) is 1.97. The molecule has 0 N–H and O–H groups in total. The molecule has 0 fully saturated rings. The maximum atomic E-state index is 11.9. The van der Waals surface area contributed by atoms with Crippen LogP contribution >= 0.6 is 0 Å². The summed E-state index contributed by atoms with van der Waals surface area (Å²) in [6, 6.07) is 26.2. The lowest BCUT2D eigenvalue weighted by Crippen LogP contribution is -2.14. The van der Waals surface area contributed by atoms with Crippen molar-refractivity contribution in [3.05, 3.63) is 118 Å². The Morgan fingerprint density at radius 2 is 1.00 bits per heavy atom. The zero-order valence-electron chi connectivity index (χ0n) is 33.0. The van der Waals surface area contributed by atoms with Crippen molar-refractivity contribution in [3.8, 4) is 23.0 Å². The van der Waals surface area contributed by atoms with Gasteiger partial charge in [-0.15, -0.1) is 0 Å². The summed E-state index contributed by atoms with van der Waals surface area (Å²) < 4.78 is 41.9. The van der Waals surface area contributed by atoms with Crippen molar-refractivity contribution >= 4 is 47.5 Å². The summed E-state index contributed by atoms with van der Waals surface area (Å²) in [6.45, 7) is 1.89. The van der Waals surface area contributed by atoms with Gasteiger partial charge in [-0.2, -0.15) is 5.10 Å². The Morgan fingerprint density at radius 1 is 0.596 bits per heavy atom. The van der Waals surface area contributed by atoms with Crippen LogP contribution < -0.4 is 18.9 Å². The molecule has 0 aliphatic carbocycles. The molecular weight excluding hydrogens is 732 g/mol. The number of Topliss-reactive ketones (excluding diaryl/α,β-unsaturated/α-hetero) is 2. The van der Waals surface area contributed by atoms with Gasteiger partial charge < -0.3 is 37.9 Å². The van der Waals surface area contributed by atoms with Crippen molar-refractivity contribution in [3.63, 3.8) is 0 Å². The van der Waals surface area contributed by atoms with Crippen LogP contribution in [-0.4, -0.2) is 90.9 Å². The van der Waals surface area contributed by atoms with Crippen molar-refractivity contribution < 1.29 is 52.3 Å². The number of hydrogen-bond donors (Lipinski definition) is 0. The minimum atomic E-state index is -0.172. The van der Waals surface area contributed by atoms with Crippen LogP contribution in [0, 0.1) is 0 Å². The van der Waals surface area contributed by atoms with E-state index in [9.17, 15) is 14.4 Å². The number of carbonyl (C=O) groups excluding carboxylic acids is 3. The molecule has 1 amide bonds. The molecule has 13 heteroatoms. The Labute approximate surface area is 333 Å². The highest BCUT2D eigenvalue weighted by Crippen LogP contribution is 2.31. The fraction of sp³-hybridized carbons (Fsp3) is 0.273. The van der Waals surface area contributed by atoms with Crippen LogP contribution in [0.4, 0.5) is 0 Å². The van der Waals surface area contributed by atoms with Crippen LogP contribution in [-0.2, 0) is 28.5 Å². The Bertz CT molecular complexity index is 2020. The van der Waals surface area contributed by atoms with Crippen molar-refractivity contribution in [1.82, 2.24) is 5.01 Å². The molecule has 1 heterocycles. The Morgan fingerprint density at radius 3 is 1.40 bits per heavy atom. The van der Waals surface area contributed by atoms with E-state index in [4.69, 9.17) is 37.9 Å². The molecule has 300 valence electrons. The molecule has 0 radical (unpaired) electrons. The summed E-state index contributed by atoms with van der Waals surface area (Å²) in [4.78, 5) is 34.6. The predicted octanol–water partition coefficient (Wildman–Crippen LogP) is 7.37. The molecule has 0 spiro atoms. The monoisotopic (exact) mass is 780 g/mol. The molecule has 4 aromatic carbocycles. The number of nitrogens with zero attached hydrogens (tertiary/aromatic N) is 2. The van der Waals surface area contributed by atoms with Gasteiger partial charge in [-0.05, 0) is 59.0 Å². The van der Waals surface area contributed by atoms with Gasteiger partial charge in [-0.25, -0.2) is 5.01 Å². The average molecular weight is 781 g/mol. The fourth-order valence-electron chi connectivity index (χ4n) is 5.18.